The van der Waals surface area contributed by atoms with Crippen molar-refractivity contribution >= 4 is 23.2 Å². The molecule has 0 bridgehead atoms. The Morgan fingerprint density at radius 1 is 1.44 bits per heavy atom. The molecule has 3 heterocycles. The van der Waals surface area contributed by atoms with Crippen molar-refractivity contribution in [3.05, 3.63) is 40.6 Å². The van der Waals surface area contributed by atoms with E-state index in [9.17, 15) is 9.59 Å². The Morgan fingerprint density at radius 2 is 2.28 bits per heavy atom. The lowest BCUT2D eigenvalue weighted by Crippen LogP contribution is -2.47. The lowest BCUT2D eigenvalue weighted by atomic mass is 10.1. The van der Waals surface area contributed by atoms with Gasteiger partial charge in [0.1, 0.15) is 6.04 Å². The van der Waals surface area contributed by atoms with Crippen LogP contribution >= 0.6 is 11.3 Å². The third kappa shape index (κ3) is 4.28. The molecule has 0 spiro atoms. The van der Waals surface area contributed by atoms with Crippen molar-refractivity contribution < 1.29 is 9.59 Å². The van der Waals surface area contributed by atoms with Crippen molar-refractivity contribution in [2.75, 3.05) is 13.1 Å². The van der Waals surface area contributed by atoms with Gasteiger partial charge in [-0.2, -0.15) is 0 Å². The van der Waals surface area contributed by atoms with E-state index in [0.717, 1.165) is 12.1 Å². The third-order valence-electron chi connectivity index (χ3n) is 4.32. The van der Waals surface area contributed by atoms with Crippen molar-refractivity contribution in [2.24, 2.45) is 5.92 Å². The zero-order valence-electron chi connectivity index (χ0n) is 14.6. The summed E-state index contributed by atoms with van der Waals surface area (Å²) >= 11 is 1.69. The molecule has 6 nitrogen and oxygen atoms in total. The minimum absolute atomic E-state index is 0.0575. The lowest BCUT2D eigenvalue weighted by molar-refractivity contribution is -0.136. The molecule has 1 aliphatic heterocycles. The molecule has 7 heteroatoms. The molecular weight excluding hydrogens is 336 g/mol. The second-order valence-corrected chi connectivity index (χ2v) is 7.83. The number of hydrogen-bond donors (Lipinski definition) is 1. The summed E-state index contributed by atoms with van der Waals surface area (Å²) in [4.78, 5) is 32.3. The minimum atomic E-state index is -0.411. The Balaban J connectivity index is 1.64. The topological polar surface area (TPSA) is 67.2 Å². The fraction of sp³-hybridized carbons (Fsp3) is 0.500. The van der Waals surface area contributed by atoms with Crippen molar-refractivity contribution in [1.29, 1.82) is 0 Å². The van der Waals surface area contributed by atoms with Gasteiger partial charge in [-0.1, -0.05) is 19.9 Å². The van der Waals surface area contributed by atoms with Crippen LogP contribution in [0.4, 0.5) is 0 Å². The Hall–Kier alpha value is -2.15. The molecule has 2 aromatic rings. The summed E-state index contributed by atoms with van der Waals surface area (Å²) in [5, 5.41) is 5.04. The van der Waals surface area contributed by atoms with Gasteiger partial charge in [-0.3, -0.25) is 9.59 Å². The fourth-order valence-corrected chi connectivity index (χ4v) is 3.76. The van der Waals surface area contributed by atoms with Crippen LogP contribution in [0.1, 0.15) is 36.9 Å². The Morgan fingerprint density at radius 3 is 3.00 bits per heavy atom. The molecular formula is C18H24N4O2S. The van der Waals surface area contributed by atoms with Crippen molar-refractivity contribution in [3.63, 3.8) is 0 Å². The number of carbonyl (C=O) groups excluding carboxylic acids is 2. The first kappa shape index (κ1) is 17.7. The van der Waals surface area contributed by atoms with Crippen LogP contribution in [0.3, 0.4) is 0 Å². The molecule has 134 valence electrons. The van der Waals surface area contributed by atoms with E-state index < -0.39 is 6.04 Å². The molecule has 0 aromatic carbocycles. The van der Waals surface area contributed by atoms with Gasteiger partial charge in [0.25, 0.3) is 0 Å². The molecule has 1 atom stereocenters. The second kappa shape index (κ2) is 7.82. The number of hydrogen-bond acceptors (Lipinski definition) is 4. The molecule has 0 aliphatic carbocycles. The first-order valence-electron chi connectivity index (χ1n) is 8.63. The van der Waals surface area contributed by atoms with Crippen LogP contribution in [0.15, 0.2) is 30.0 Å². The van der Waals surface area contributed by atoms with Crippen LogP contribution in [0.5, 0.6) is 0 Å². The smallest absolute Gasteiger partial charge is 0.244 e. The summed E-state index contributed by atoms with van der Waals surface area (Å²) in [5.41, 5.74) is 0.904. The maximum Gasteiger partial charge on any atom is 0.244 e. The fourth-order valence-electron chi connectivity index (χ4n) is 3.05. The zero-order chi connectivity index (χ0) is 17.8. The van der Waals surface area contributed by atoms with E-state index in [1.165, 1.54) is 4.88 Å². The molecule has 2 amide bonds. The molecule has 0 saturated carbocycles. The molecule has 2 aromatic heterocycles. The van der Waals surface area contributed by atoms with Crippen LogP contribution in [0, 0.1) is 5.92 Å². The number of carbonyl (C=O) groups is 2. The zero-order valence-corrected chi connectivity index (χ0v) is 15.5. The van der Waals surface area contributed by atoms with Gasteiger partial charge < -0.3 is 14.8 Å². The minimum Gasteiger partial charge on any atom is -0.354 e. The highest BCUT2D eigenvalue weighted by Gasteiger charge is 2.32. The molecule has 25 heavy (non-hydrogen) atoms. The van der Waals surface area contributed by atoms with Gasteiger partial charge in [0.05, 0.1) is 25.1 Å². The van der Waals surface area contributed by atoms with Gasteiger partial charge in [0.15, 0.2) is 0 Å². The average molecular weight is 360 g/mol. The van der Waals surface area contributed by atoms with Gasteiger partial charge in [-0.15, -0.1) is 11.3 Å². The van der Waals surface area contributed by atoms with Crippen molar-refractivity contribution in [3.8, 4) is 0 Å². The van der Waals surface area contributed by atoms with E-state index in [1.54, 1.807) is 28.8 Å². The average Bonchev–Trinajstić information content (AvgIpc) is 3.24. The lowest BCUT2D eigenvalue weighted by Gasteiger charge is -2.34. The van der Waals surface area contributed by atoms with E-state index >= 15 is 0 Å². The number of imidazole rings is 1. The van der Waals surface area contributed by atoms with Crippen LogP contribution in [-0.4, -0.2) is 39.4 Å². The maximum absolute atomic E-state index is 12.7. The van der Waals surface area contributed by atoms with E-state index in [4.69, 9.17) is 0 Å². The van der Waals surface area contributed by atoms with E-state index in [1.807, 2.05) is 29.9 Å². The van der Waals surface area contributed by atoms with Gasteiger partial charge in [0.2, 0.25) is 11.8 Å². The van der Waals surface area contributed by atoms with Crippen LogP contribution < -0.4 is 5.32 Å². The standard InChI is InChI=1S/C18H24N4O2S/c1-13(2)8-17(23)21-10-14-9-19-12-22(14)16(11-21)18(24)20-6-5-15-4-3-7-25-15/h3-4,7,9,12-13,16H,5-6,8,10-11H2,1-2H3,(H,20,24). The van der Waals surface area contributed by atoms with Crippen LogP contribution in [0.2, 0.25) is 0 Å². The molecule has 3 rings (SSSR count). The molecule has 1 unspecified atom stereocenters. The van der Waals surface area contributed by atoms with E-state index in [-0.39, 0.29) is 11.8 Å². The number of aromatic nitrogens is 2. The highest BCUT2D eigenvalue weighted by molar-refractivity contribution is 7.09. The number of nitrogens with one attached hydrogen (secondary N) is 1. The monoisotopic (exact) mass is 360 g/mol. The Kier molecular flexibility index (Phi) is 5.53. The summed E-state index contributed by atoms with van der Waals surface area (Å²) in [6.07, 6.45) is 4.74. The van der Waals surface area contributed by atoms with E-state index in [2.05, 4.69) is 16.4 Å². The summed E-state index contributed by atoms with van der Waals surface area (Å²) < 4.78 is 1.89. The first-order valence-corrected chi connectivity index (χ1v) is 9.51. The highest BCUT2D eigenvalue weighted by Crippen LogP contribution is 2.22. The third-order valence-corrected chi connectivity index (χ3v) is 5.25. The maximum atomic E-state index is 12.7. The summed E-state index contributed by atoms with van der Waals surface area (Å²) in [5.74, 6) is 0.342. The predicted octanol–water partition coefficient (Wildman–Crippen LogP) is 2.23. The molecule has 1 aliphatic rings. The quantitative estimate of drug-likeness (QED) is 0.859. The summed E-state index contributed by atoms with van der Waals surface area (Å²) in [6.45, 7) is 5.58. The van der Waals surface area contributed by atoms with Crippen molar-refractivity contribution in [2.45, 2.75) is 39.3 Å². The number of thiophene rings is 1. The van der Waals surface area contributed by atoms with Crippen LogP contribution in [-0.2, 0) is 22.6 Å². The second-order valence-electron chi connectivity index (χ2n) is 6.80. The number of rotatable bonds is 6. The van der Waals surface area contributed by atoms with Gasteiger partial charge in [-0.25, -0.2) is 4.98 Å². The Bertz CT molecular complexity index is 723. The molecule has 1 N–H and O–H groups in total. The van der Waals surface area contributed by atoms with E-state index in [0.29, 0.717) is 32.0 Å². The van der Waals surface area contributed by atoms with Gasteiger partial charge in [0, 0.05) is 24.0 Å². The number of nitrogens with zero attached hydrogens (tertiary/aromatic N) is 3. The molecule has 0 radical (unpaired) electrons. The first-order chi connectivity index (χ1) is 12.0. The van der Waals surface area contributed by atoms with Gasteiger partial charge in [-0.05, 0) is 23.8 Å². The molecule has 0 saturated heterocycles. The summed E-state index contributed by atoms with van der Waals surface area (Å²) in [7, 11) is 0. The highest BCUT2D eigenvalue weighted by atomic mass is 32.1. The molecule has 0 fully saturated rings. The van der Waals surface area contributed by atoms with Crippen LogP contribution in [0.25, 0.3) is 0 Å². The van der Waals surface area contributed by atoms with Crippen molar-refractivity contribution in [1.82, 2.24) is 19.8 Å². The summed E-state index contributed by atoms with van der Waals surface area (Å²) in [6, 6.07) is 3.67. The van der Waals surface area contributed by atoms with Gasteiger partial charge >= 0.3 is 0 Å². The normalized spacial score (nSPS) is 16.8. The SMILES string of the molecule is CC(C)CC(=O)N1Cc2cncn2C(C(=O)NCCc2cccs2)C1. The largest absolute Gasteiger partial charge is 0.354 e. The Labute approximate surface area is 151 Å². The number of fused-ring (bicyclic) bond motifs is 1. The predicted molar refractivity (Wildman–Crippen MR) is 97.2 cm³/mol. The number of amides is 2.